The molecule has 2 rings (SSSR count). The van der Waals surface area contributed by atoms with Gasteiger partial charge in [-0.05, 0) is 19.4 Å². The summed E-state index contributed by atoms with van der Waals surface area (Å²) in [5.74, 6) is 0.999. The second-order valence-electron chi connectivity index (χ2n) is 6.17. The van der Waals surface area contributed by atoms with E-state index in [2.05, 4.69) is 12.5 Å². The van der Waals surface area contributed by atoms with E-state index in [1.807, 2.05) is 0 Å². The maximum Gasteiger partial charge on any atom is 0.431 e. The van der Waals surface area contributed by atoms with Crippen molar-refractivity contribution in [3.63, 3.8) is 0 Å². The third-order valence-electron chi connectivity index (χ3n) is 3.87. The standard InChI is InChI=1S/C19H15ClF4N2O3/c1-5-6-29-17-11(7-10(2)3)16(13(21)8-12(17)20)26-15(27)9-14(19(22,23)24)25(4)18(26)28/h1,8-9H,2,6-7H2,3-4H3. The van der Waals surface area contributed by atoms with Crippen LogP contribution in [0.1, 0.15) is 18.2 Å². The van der Waals surface area contributed by atoms with Gasteiger partial charge in [-0.15, -0.1) is 6.42 Å². The Balaban J connectivity index is 2.97. The van der Waals surface area contributed by atoms with E-state index in [0.29, 0.717) is 10.1 Å². The molecule has 0 saturated carbocycles. The molecular weight excluding hydrogens is 416 g/mol. The molecule has 2 aromatic rings. The van der Waals surface area contributed by atoms with Gasteiger partial charge in [-0.2, -0.15) is 13.2 Å². The quantitative estimate of drug-likeness (QED) is 0.414. The van der Waals surface area contributed by atoms with Crippen LogP contribution in [0.25, 0.3) is 5.69 Å². The molecule has 0 radical (unpaired) electrons. The van der Waals surface area contributed by atoms with Gasteiger partial charge in [0.2, 0.25) is 0 Å². The fourth-order valence-electron chi connectivity index (χ4n) is 2.72. The molecule has 29 heavy (non-hydrogen) atoms. The van der Waals surface area contributed by atoms with Crippen LogP contribution in [-0.4, -0.2) is 15.7 Å². The Kier molecular flexibility index (Phi) is 6.28. The fraction of sp³-hybridized carbons (Fsp3) is 0.263. The van der Waals surface area contributed by atoms with Gasteiger partial charge in [-0.1, -0.05) is 29.7 Å². The lowest BCUT2D eigenvalue weighted by molar-refractivity contribution is -0.144. The molecule has 0 aliphatic heterocycles. The van der Waals surface area contributed by atoms with Crippen LogP contribution in [0.4, 0.5) is 17.6 Å². The van der Waals surface area contributed by atoms with E-state index < -0.39 is 34.6 Å². The maximum atomic E-state index is 14.8. The lowest BCUT2D eigenvalue weighted by Crippen LogP contribution is -2.41. The van der Waals surface area contributed by atoms with Crippen LogP contribution in [0.2, 0.25) is 5.02 Å². The molecule has 0 N–H and O–H groups in total. The van der Waals surface area contributed by atoms with Gasteiger partial charge >= 0.3 is 11.9 Å². The van der Waals surface area contributed by atoms with Crippen molar-refractivity contribution in [2.24, 2.45) is 7.05 Å². The molecule has 1 aromatic heterocycles. The van der Waals surface area contributed by atoms with Crippen molar-refractivity contribution in [1.29, 1.82) is 0 Å². The monoisotopic (exact) mass is 430 g/mol. The van der Waals surface area contributed by atoms with Gasteiger partial charge in [-0.25, -0.2) is 13.8 Å². The number of rotatable bonds is 5. The third kappa shape index (κ3) is 4.38. The number of nitrogens with zero attached hydrogens (tertiary/aromatic N) is 2. The highest BCUT2D eigenvalue weighted by molar-refractivity contribution is 6.32. The Morgan fingerprint density at radius 1 is 1.34 bits per heavy atom. The number of hydrogen-bond acceptors (Lipinski definition) is 3. The zero-order valence-corrected chi connectivity index (χ0v) is 16.1. The van der Waals surface area contributed by atoms with Crippen molar-refractivity contribution in [1.82, 2.24) is 9.13 Å². The van der Waals surface area contributed by atoms with Gasteiger partial charge in [0, 0.05) is 18.7 Å². The summed E-state index contributed by atoms with van der Waals surface area (Å²) in [6.45, 7) is 5.02. The van der Waals surface area contributed by atoms with Crippen molar-refractivity contribution in [2.75, 3.05) is 6.61 Å². The zero-order chi connectivity index (χ0) is 22.1. The number of terminal acetylenes is 1. The summed E-state index contributed by atoms with van der Waals surface area (Å²) in [4.78, 5) is 25.0. The van der Waals surface area contributed by atoms with Gasteiger partial charge in [0.25, 0.3) is 5.56 Å². The average molecular weight is 431 g/mol. The second kappa shape index (κ2) is 8.17. The van der Waals surface area contributed by atoms with Crippen LogP contribution in [0.3, 0.4) is 0 Å². The van der Waals surface area contributed by atoms with Crippen molar-refractivity contribution in [3.05, 3.63) is 67.2 Å². The number of benzene rings is 1. The van der Waals surface area contributed by atoms with Crippen molar-refractivity contribution < 1.29 is 22.3 Å². The number of allylic oxidation sites excluding steroid dienone is 1. The summed E-state index contributed by atoms with van der Waals surface area (Å²) in [5.41, 5.74) is -4.37. The van der Waals surface area contributed by atoms with Crippen molar-refractivity contribution in [2.45, 2.75) is 19.5 Å². The van der Waals surface area contributed by atoms with Crippen molar-refractivity contribution >= 4 is 11.6 Å². The molecule has 5 nitrogen and oxygen atoms in total. The Morgan fingerprint density at radius 3 is 2.48 bits per heavy atom. The SMILES string of the molecule is C#CCOc1c(Cl)cc(F)c(-n2c(=O)cc(C(F)(F)F)n(C)c2=O)c1CC(=C)C. The number of ether oxygens (including phenoxy) is 1. The minimum atomic E-state index is -4.95. The summed E-state index contributed by atoms with van der Waals surface area (Å²) >= 11 is 6.03. The lowest BCUT2D eigenvalue weighted by atomic mass is 10.0. The van der Waals surface area contributed by atoms with Crippen LogP contribution in [0, 0.1) is 18.2 Å². The molecule has 1 heterocycles. The Hall–Kier alpha value is -2.99. The van der Waals surface area contributed by atoms with Crippen LogP contribution in [0.5, 0.6) is 5.75 Å². The number of halogens is 5. The molecule has 0 aliphatic carbocycles. The van der Waals surface area contributed by atoms with E-state index in [1.54, 1.807) is 6.92 Å². The van der Waals surface area contributed by atoms with Crippen LogP contribution >= 0.6 is 11.6 Å². The summed E-state index contributed by atoms with van der Waals surface area (Å²) in [5, 5.41) is -0.186. The number of aromatic nitrogens is 2. The minimum absolute atomic E-state index is 0.0447. The Labute approximate surface area is 167 Å². The van der Waals surface area contributed by atoms with Gasteiger partial charge < -0.3 is 4.74 Å². The van der Waals surface area contributed by atoms with E-state index in [0.717, 1.165) is 13.1 Å². The summed E-state index contributed by atoms with van der Waals surface area (Å²) < 4.78 is 59.9. The molecule has 0 saturated heterocycles. The van der Waals surface area contributed by atoms with E-state index in [1.165, 1.54) is 0 Å². The van der Waals surface area contributed by atoms with Gasteiger partial charge in [0.1, 0.15) is 23.9 Å². The average Bonchev–Trinajstić information content (AvgIpc) is 2.58. The first-order chi connectivity index (χ1) is 13.4. The molecule has 154 valence electrons. The summed E-state index contributed by atoms with van der Waals surface area (Å²) in [6.07, 6.45) is 0.125. The predicted octanol–water partition coefficient (Wildman–Crippen LogP) is 3.48. The molecule has 0 amide bonds. The van der Waals surface area contributed by atoms with Crippen LogP contribution in [0.15, 0.2) is 33.9 Å². The molecule has 0 aliphatic rings. The largest absolute Gasteiger partial charge is 0.479 e. The topological polar surface area (TPSA) is 53.2 Å². The molecule has 0 bridgehead atoms. The van der Waals surface area contributed by atoms with E-state index >= 15 is 0 Å². The smallest absolute Gasteiger partial charge is 0.431 e. The minimum Gasteiger partial charge on any atom is -0.479 e. The van der Waals surface area contributed by atoms with E-state index in [-0.39, 0.29) is 40.0 Å². The lowest BCUT2D eigenvalue weighted by Gasteiger charge is -2.19. The van der Waals surface area contributed by atoms with Gasteiger partial charge in [0.05, 0.1) is 10.7 Å². The molecule has 0 fully saturated rings. The highest BCUT2D eigenvalue weighted by atomic mass is 35.5. The van der Waals surface area contributed by atoms with Crippen LogP contribution in [-0.2, 0) is 19.6 Å². The van der Waals surface area contributed by atoms with Crippen LogP contribution < -0.4 is 16.0 Å². The van der Waals surface area contributed by atoms with Gasteiger partial charge in [-0.3, -0.25) is 9.36 Å². The molecular formula is C19H15ClF4N2O3. The predicted molar refractivity (Wildman–Crippen MR) is 100 cm³/mol. The first-order valence-corrected chi connectivity index (χ1v) is 8.40. The second-order valence-corrected chi connectivity index (χ2v) is 6.57. The normalized spacial score (nSPS) is 11.2. The van der Waals surface area contributed by atoms with Gasteiger partial charge in [0.15, 0.2) is 0 Å². The highest BCUT2D eigenvalue weighted by Crippen LogP contribution is 2.36. The highest BCUT2D eigenvalue weighted by Gasteiger charge is 2.35. The summed E-state index contributed by atoms with van der Waals surface area (Å²) in [6, 6.07) is 0.996. The number of hydrogen-bond donors (Lipinski definition) is 0. The Morgan fingerprint density at radius 2 is 1.97 bits per heavy atom. The zero-order valence-electron chi connectivity index (χ0n) is 15.4. The molecule has 0 atom stereocenters. The molecule has 0 unspecified atom stereocenters. The molecule has 1 aromatic carbocycles. The first kappa shape index (κ1) is 22.3. The third-order valence-corrected chi connectivity index (χ3v) is 4.15. The first-order valence-electron chi connectivity index (χ1n) is 8.02. The molecule has 0 spiro atoms. The molecule has 10 heteroatoms. The fourth-order valence-corrected chi connectivity index (χ4v) is 2.99. The summed E-state index contributed by atoms with van der Waals surface area (Å²) in [7, 11) is 0.823. The van der Waals surface area contributed by atoms with E-state index in [9.17, 15) is 27.2 Å². The maximum absolute atomic E-state index is 14.8. The number of alkyl halides is 3. The van der Waals surface area contributed by atoms with Crippen molar-refractivity contribution in [3.8, 4) is 23.8 Å². The van der Waals surface area contributed by atoms with E-state index in [4.69, 9.17) is 22.8 Å². The Bertz CT molecular complexity index is 1140.